The van der Waals surface area contributed by atoms with Crippen LogP contribution in [0.1, 0.15) is 41.0 Å². The van der Waals surface area contributed by atoms with Crippen LogP contribution in [0.15, 0.2) is 60.7 Å². The number of benzene rings is 2. The maximum atomic E-state index is 14.3. The molecule has 0 fully saturated rings. The Morgan fingerprint density at radius 1 is 1.03 bits per heavy atom. The number of rotatable bonds is 9. The third kappa shape index (κ3) is 8.10. The lowest BCUT2D eigenvalue weighted by Gasteiger charge is -2.15. The minimum absolute atomic E-state index is 0.0283. The molecular formula is C26H24F5N3O3S. The van der Waals surface area contributed by atoms with Crippen molar-refractivity contribution in [3.8, 4) is 0 Å². The van der Waals surface area contributed by atoms with Crippen LogP contribution in [-0.2, 0) is 33.8 Å². The van der Waals surface area contributed by atoms with Gasteiger partial charge >= 0.3 is 6.18 Å². The molecule has 3 aromatic rings. The Morgan fingerprint density at radius 2 is 1.66 bits per heavy atom. The number of nitrogens with one attached hydrogen (secondary N) is 2. The fourth-order valence-corrected chi connectivity index (χ4v) is 4.13. The predicted octanol–water partition coefficient (Wildman–Crippen LogP) is 5.43. The molecule has 3 rings (SSSR count). The average molecular weight is 554 g/mol. The van der Waals surface area contributed by atoms with Crippen LogP contribution < -0.4 is 10.0 Å². The second-order valence-corrected chi connectivity index (χ2v) is 10.3. The van der Waals surface area contributed by atoms with Gasteiger partial charge in [-0.1, -0.05) is 36.4 Å². The molecule has 0 aliphatic carbocycles. The van der Waals surface area contributed by atoms with Gasteiger partial charge in [-0.3, -0.25) is 9.52 Å². The molecule has 1 heterocycles. The molecule has 0 aliphatic heterocycles. The van der Waals surface area contributed by atoms with Crippen molar-refractivity contribution in [1.29, 1.82) is 0 Å². The fourth-order valence-electron chi connectivity index (χ4n) is 3.57. The molecule has 0 saturated heterocycles. The summed E-state index contributed by atoms with van der Waals surface area (Å²) in [7, 11) is -3.92. The summed E-state index contributed by atoms with van der Waals surface area (Å²) in [4.78, 5) is 16.2. The molecule has 2 aromatic carbocycles. The number of alkyl halides is 3. The Kier molecular flexibility index (Phi) is 8.87. The van der Waals surface area contributed by atoms with Gasteiger partial charge in [0.05, 0.1) is 12.3 Å². The average Bonchev–Trinajstić information content (AvgIpc) is 2.83. The van der Waals surface area contributed by atoms with Crippen LogP contribution in [0.5, 0.6) is 0 Å². The first kappa shape index (κ1) is 28.8. The monoisotopic (exact) mass is 553 g/mol. The molecular weight excluding hydrogens is 529 g/mol. The third-order valence-corrected chi connectivity index (χ3v) is 5.99. The van der Waals surface area contributed by atoms with E-state index in [2.05, 4.69) is 10.3 Å². The van der Waals surface area contributed by atoms with E-state index in [0.29, 0.717) is 12.0 Å². The molecule has 0 bridgehead atoms. The van der Waals surface area contributed by atoms with Gasteiger partial charge in [0.1, 0.15) is 11.4 Å². The number of aromatic nitrogens is 1. The van der Waals surface area contributed by atoms with Gasteiger partial charge in [0.15, 0.2) is 11.6 Å². The highest BCUT2D eigenvalue weighted by atomic mass is 32.2. The van der Waals surface area contributed by atoms with Crippen molar-refractivity contribution in [2.24, 2.45) is 0 Å². The van der Waals surface area contributed by atoms with Gasteiger partial charge in [0.25, 0.3) is 0 Å². The number of pyridine rings is 1. The van der Waals surface area contributed by atoms with Gasteiger partial charge in [0, 0.05) is 11.8 Å². The van der Waals surface area contributed by atoms with Gasteiger partial charge in [-0.2, -0.15) is 13.2 Å². The van der Waals surface area contributed by atoms with Crippen molar-refractivity contribution in [1.82, 2.24) is 10.3 Å². The van der Waals surface area contributed by atoms with E-state index in [4.69, 9.17) is 0 Å². The van der Waals surface area contributed by atoms with Crippen molar-refractivity contribution in [2.45, 2.75) is 32.0 Å². The highest BCUT2D eigenvalue weighted by molar-refractivity contribution is 7.92. The van der Waals surface area contributed by atoms with Gasteiger partial charge < -0.3 is 5.32 Å². The topological polar surface area (TPSA) is 88.2 Å². The minimum atomic E-state index is -4.63. The number of hydrogen-bond donors (Lipinski definition) is 2. The number of carbonyl (C=O) groups excluding carboxylic acids is 1. The molecule has 1 amide bonds. The Hall–Kier alpha value is -3.80. The molecule has 6 nitrogen and oxygen atoms in total. The molecule has 202 valence electrons. The van der Waals surface area contributed by atoms with Crippen molar-refractivity contribution >= 4 is 27.7 Å². The summed E-state index contributed by atoms with van der Waals surface area (Å²) in [5, 5.41) is 2.50. The molecule has 1 atom stereocenters. The largest absolute Gasteiger partial charge is 0.433 e. The third-order valence-electron chi connectivity index (χ3n) is 5.42. The zero-order valence-corrected chi connectivity index (χ0v) is 21.1. The van der Waals surface area contributed by atoms with Crippen LogP contribution >= 0.6 is 0 Å². The second-order valence-electron chi connectivity index (χ2n) is 8.51. The summed E-state index contributed by atoms with van der Waals surface area (Å²) in [6.45, 7) is 1.45. The molecule has 1 unspecified atom stereocenters. The van der Waals surface area contributed by atoms with E-state index in [1.54, 1.807) is 4.72 Å². The van der Waals surface area contributed by atoms with Gasteiger partial charge in [-0.25, -0.2) is 22.2 Å². The molecule has 38 heavy (non-hydrogen) atoms. The van der Waals surface area contributed by atoms with Crippen LogP contribution in [0.2, 0.25) is 0 Å². The predicted molar refractivity (Wildman–Crippen MR) is 134 cm³/mol. The maximum Gasteiger partial charge on any atom is 0.433 e. The first-order valence-electron chi connectivity index (χ1n) is 11.3. The van der Waals surface area contributed by atoms with Crippen LogP contribution in [0, 0.1) is 11.6 Å². The quantitative estimate of drug-likeness (QED) is 0.274. The normalized spacial score (nSPS) is 12.9. The Labute approximate surface area is 216 Å². The van der Waals surface area contributed by atoms with Crippen LogP contribution in [0.4, 0.5) is 27.6 Å². The summed E-state index contributed by atoms with van der Waals surface area (Å²) in [5.74, 6) is -3.01. The lowest BCUT2D eigenvalue weighted by molar-refractivity contribution is -0.141. The molecule has 12 heteroatoms. The lowest BCUT2D eigenvalue weighted by atomic mass is 10.0. The van der Waals surface area contributed by atoms with Crippen molar-refractivity contribution < 1.29 is 35.2 Å². The van der Waals surface area contributed by atoms with E-state index in [1.807, 2.05) is 30.3 Å². The number of aryl methyl sites for hydroxylation is 2. The van der Waals surface area contributed by atoms with E-state index in [-0.39, 0.29) is 17.7 Å². The highest BCUT2D eigenvalue weighted by Crippen LogP contribution is 2.29. The number of hydrogen-bond acceptors (Lipinski definition) is 4. The molecule has 1 aromatic heterocycles. The van der Waals surface area contributed by atoms with E-state index in [0.717, 1.165) is 36.1 Å². The zero-order valence-electron chi connectivity index (χ0n) is 20.3. The van der Waals surface area contributed by atoms with Crippen LogP contribution in [0.3, 0.4) is 0 Å². The Balaban J connectivity index is 1.76. The summed E-state index contributed by atoms with van der Waals surface area (Å²) in [6.07, 6.45) is -0.866. The van der Waals surface area contributed by atoms with Gasteiger partial charge in [0.2, 0.25) is 15.9 Å². The highest BCUT2D eigenvalue weighted by Gasteiger charge is 2.32. The molecule has 2 N–H and O–H groups in total. The summed E-state index contributed by atoms with van der Waals surface area (Å²) >= 11 is 0. The standard InChI is InChI=1S/C26H24F5N3O3S/c1-16(19-14-20(27)25(21(28)15-19)34-38(2,36)37)32-24(35)13-10-18-9-12-23(26(29,30)31)33-22(18)11-8-17-6-4-3-5-7-17/h3-7,9-10,12-16,34H,8,11H2,1-2H3,(H,32,35). The van der Waals surface area contributed by atoms with Crippen LogP contribution in [-0.4, -0.2) is 25.6 Å². The van der Waals surface area contributed by atoms with E-state index < -0.39 is 51.2 Å². The summed E-state index contributed by atoms with van der Waals surface area (Å²) < 4.78 is 92.5. The van der Waals surface area contributed by atoms with Crippen molar-refractivity contribution in [2.75, 3.05) is 11.0 Å². The first-order valence-corrected chi connectivity index (χ1v) is 13.2. The van der Waals surface area contributed by atoms with E-state index >= 15 is 0 Å². The Morgan fingerprint density at radius 3 is 2.24 bits per heavy atom. The van der Waals surface area contributed by atoms with Crippen molar-refractivity contribution in [3.05, 3.63) is 100 Å². The number of carbonyl (C=O) groups is 1. The van der Waals surface area contributed by atoms with E-state index in [1.165, 1.54) is 19.1 Å². The number of sulfonamides is 1. The number of amides is 1. The molecule has 0 radical (unpaired) electrons. The molecule has 0 spiro atoms. The lowest BCUT2D eigenvalue weighted by Crippen LogP contribution is -2.25. The Bertz CT molecular complexity index is 1420. The second kappa shape index (κ2) is 11.7. The fraction of sp³-hybridized carbons (Fsp3) is 0.231. The summed E-state index contributed by atoms with van der Waals surface area (Å²) in [5.41, 5.74) is -0.490. The van der Waals surface area contributed by atoms with Crippen LogP contribution in [0.25, 0.3) is 6.08 Å². The SMILES string of the molecule is CC(NC(=O)C=Cc1ccc(C(F)(F)F)nc1CCc1ccccc1)c1cc(F)c(NS(C)(=O)=O)c(F)c1. The van der Waals surface area contributed by atoms with Crippen molar-refractivity contribution in [3.63, 3.8) is 0 Å². The van der Waals surface area contributed by atoms with Gasteiger partial charge in [-0.05, 0) is 60.7 Å². The minimum Gasteiger partial charge on any atom is -0.346 e. The van der Waals surface area contributed by atoms with Gasteiger partial charge in [-0.15, -0.1) is 0 Å². The number of nitrogens with zero attached hydrogens (tertiary/aromatic N) is 1. The first-order chi connectivity index (χ1) is 17.7. The summed E-state index contributed by atoms with van der Waals surface area (Å²) in [6, 6.07) is 12.1. The molecule has 0 aliphatic rings. The smallest absolute Gasteiger partial charge is 0.346 e. The van der Waals surface area contributed by atoms with E-state index in [9.17, 15) is 35.2 Å². The number of halogens is 5. The zero-order chi connectivity index (χ0) is 28.1. The number of anilines is 1. The molecule has 0 saturated carbocycles. The maximum absolute atomic E-state index is 14.3.